The Kier molecular flexibility index (Phi) is 5.03. The highest BCUT2D eigenvalue weighted by atomic mass is 35.5. The lowest BCUT2D eigenvalue weighted by Crippen LogP contribution is -2.37. The van der Waals surface area contributed by atoms with Gasteiger partial charge in [-0.2, -0.15) is 0 Å². The lowest BCUT2D eigenvalue weighted by molar-refractivity contribution is 0.0698. The van der Waals surface area contributed by atoms with Crippen LogP contribution in [0, 0.1) is 0 Å². The summed E-state index contributed by atoms with van der Waals surface area (Å²) >= 11 is 5.87. The van der Waals surface area contributed by atoms with Crippen molar-refractivity contribution in [1.82, 2.24) is 9.80 Å². The highest BCUT2D eigenvalue weighted by Crippen LogP contribution is 2.21. The van der Waals surface area contributed by atoms with Gasteiger partial charge in [-0.05, 0) is 38.2 Å². The SMILES string of the molecule is CN1CCCN(C(=O)Nc2cc(Cl)ccc2C(=O)O)CC1. The first-order chi connectivity index (χ1) is 9.97. The molecule has 0 aromatic heterocycles. The molecule has 21 heavy (non-hydrogen) atoms. The summed E-state index contributed by atoms with van der Waals surface area (Å²) in [6, 6.07) is 4.03. The van der Waals surface area contributed by atoms with Crippen LogP contribution >= 0.6 is 11.6 Å². The highest BCUT2D eigenvalue weighted by Gasteiger charge is 2.19. The second-order valence-corrected chi connectivity index (χ2v) is 5.51. The third kappa shape index (κ3) is 4.09. The van der Waals surface area contributed by atoms with Crippen LogP contribution in [0.5, 0.6) is 0 Å². The zero-order valence-electron chi connectivity index (χ0n) is 11.8. The van der Waals surface area contributed by atoms with E-state index in [2.05, 4.69) is 10.2 Å². The van der Waals surface area contributed by atoms with E-state index in [1.807, 2.05) is 7.05 Å². The monoisotopic (exact) mass is 311 g/mol. The Labute approximate surface area is 128 Å². The van der Waals surface area contributed by atoms with Crippen LogP contribution in [0.15, 0.2) is 18.2 Å². The Balaban J connectivity index is 2.12. The molecule has 0 aliphatic carbocycles. The summed E-state index contributed by atoms with van der Waals surface area (Å²) in [5.74, 6) is -1.10. The van der Waals surface area contributed by atoms with Crippen LogP contribution in [-0.2, 0) is 0 Å². The summed E-state index contributed by atoms with van der Waals surface area (Å²) in [7, 11) is 2.01. The molecule has 0 unspecified atom stereocenters. The second-order valence-electron chi connectivity index (χ2n) is 5.07. The van der Waals surface area contributed by atoms with Gasteiger partial charge in [-0.1, -0.05) is 11.6 Å². The number of nitrogens with one attached hydrogen (secondary N) is 1. The van der Waals surface area contributed by atoms with Crippen molar-refractivity contribution >= 4 is 29.3 Å². The average Bonchev–Trinajstić information content (AvgIpc) is 2.63. The third-order valence-electron chi connectivity index (χ3n) is 3.46. The van der Waals surface area contributed by atoms with Crippen LogP contribution in [-0.4, -0.2) is 60.1 Å². The zero-order chi connectivity index (χ0) is 15.4. The van der Waals surface area contributed by atoms with Crippen molar-refractivity contribution < 1.29 is 14.7 Å². The molecule has 7 heteroatoms. The van der Waals surface area contributed by atoms with Gasteiger partial charge >= 0.3 is 12.0 Å². The van der Waals surface area contributed by atoms with Gasteiger partial charge < -0.3 is 20.2 Å². The number of rotatable bonds is 2. The van der Waals surface area contributed by atoms with Crippen LogP contribution in [0.25, 0.3) is 0 Å². The number of benzene rings is 1. The molecule has 0 atom stereocenters. The number of aromatic carboxylic acids is 1. The maximum Gasteiger partial charge on any atom is 0.337 e. The summed E-state index contributed by atoms with van der Waals surface area (Å²) in [5.41, 5.74) is 0.247. The quantitative estimate of drug-likeness (QED) is 0.878. The molecule has 0 radical (unpaired) electrons. The molecule has 114 valence electrons. The molecule has 1 aliphatic heterocycles. The summed E-state index contributed by atoms with van der Waals surface area (Å²) in [5, 5.41) is 12.2. The number of halogens is 1. The van der Waals surface area contributed by atoms with Gasteiger partial charge in [0, 0.05) is 24.7 Å². The number of urea groups is 1. The van der Waals surface area contributed by atoms with E-state index in [1.54, 1.807) is 4.90 Å². The lowest BCUT2D eigenvalue weighted by Gasteiger charge is -2.21. The van der Waals surface area contributed by atoms with E-state index in [4.69, 9.17) is 16.7 Å². The number of carbonyl (C=O) groups is 2. The molecule has 1 aliphatic rings. The molecule has 1 heterocycles. The van der Waals surface area contributed by atoms with Gasteiger partial charge in [-0.15, -0.1) is 0 Å². The number of hydrogen-bond acceptors (Lipinski definition) is 3. The lowest BCUT2D eigenvalue weighted by atomic mass is 10.2. The maximum atomic E-state index is 12.3. The van der Waals surface area contributed by atoms with Gasteiger partial charge in [0.15, 0.2) is 0 Å². The van der Waals surface area contributed by atoms with Crippen LogP contribution in [0.1, 0.15) is 16.8 Å². The van der Waals surface area contributed by atoms with E-state index in [-0.39, 0.29) is 17.3 Å². The topological polar surface area (TPSA) is 72.9 Å². The standard InChI is InChI=1S/C14H18ClN3O3/c1-17-5-2-6-18(8-7-17)14(21)16-12-9-10(15)3-4-11(12)13(19)20/h3-4,9H,2,5-8H2,1H3,(H,16,21)(H,19,20). The van der Waals surface area contributed by atoms with Crippen LogP contribution in [0.2, 0.25) is 5.02 Å². The van der Waals surface area contributed by atoms with Gasteiger partial charge in [0.05, 0.1) is 11.3 Å². The van der Waals surface area contributed by atoms with E-state index in [0.29, 0.717) is 18.1 Å². The van der Waals surface area contributed by atoms with E-state index in [0.717, 1.165) is 19.5 Å². The van der Waals surface area contributed by atoms with E-state index in [1.165, 1.54) is 18.2 Å². The molecule has 1 saturated heterocycles. The number of anilines is 1. The molecule has 2 amide bonds. The number of likely N-dealkylation sites (N-methyl/N-ethyl adjacent to an activating group) is 1. The van der Waals surface area contributed by atoms with Crippen molar-refractivity contribution in [3.8, 4) is 0 Å². The Morgan fingerprint density at radius 3 is 2.71 bits per heavy atom. The van der Waals surface area contributed by atoms with Crippen LogP contribution < -0.4 is 5.32 Å². The normalized spacial score (nSPS) is 16.4. The van der Waals surface area contributed by atoms with Gasteiger partial charge in [0.25, 0.3) is 0 Å². The fourth-order valence-electron chi connectivity index (χ4n) is 2.25. The maximum absolute atomic E-state index is 12.3. The molecule has 2 rings (SSSR count). The number of amides is 2. The van der Waals surface area contributed by atoms with Gasteiger partial charge in [-0.25, -0.2) is 9.59 Å². The van der Waals surface area contributed by atoms with Gasteiger partial charge in [-0.3, -0.25) is 0 Å². The molecule has 1 aromatic carbocycles. The minimum atomic E-state index is -1.10. The largest absolute Gasteiger partial charge is 0.478 e. The summed E-state index contributed by atoms with van der Waals surface area (Å²) in [6.45, 7) is 3.01. The summed E-state index contributed by atoms with van der Waals surface area (Å²) in [6.07, 6.45) is 0.894. The molecule has 6 nitrogen and oxygen atoms in total. The van der Waals surface area contributed by atoms with Crippen molar-refractivity contribution in [2.75, 3.05) is 38.5 Å². The predicted molar refractivity (Wildman–Crippen MR) is 81.1 cm³/mol. The first-order valence-electron chi connectivity index (χ1n) is 6.74. The van der Waals surface area contributed by atoms with E-state index >= 15 is 0 Å². The number of nitrogens with zero attached hydrogens (tertiary/aromatic N) is 2. The Hall–Kier alpha value is -1.79. The minimum Gasteiger partial charge on any atom is -0.478 e. The summed E-state index contributed by atoms with van der Waals surface area (Å²) < 4.78 is 0. The molecule has 2 N–H and O–H groups in total. The van der Waals surface area contributed by atoms with Crippen molar-refractivity contribution in [3.05, 3.63) is 28.8 Å². The van der Waals surface area contributed by atoms with E-state index in [9.17, 15) is 9.59 Å². The smallest absolute Gasteiger partial charge is 0.337 e. The van der Waals surface area contributed by atoms with Crippen LogP contribution in [0.4, 0.5) is 10.5 Å². The number of carbonyl (C=O) groups excluding carboxylic acids is 1. The van der Waals surface area contributed by atoms with Crippen molar-refractivity contribution in [2.24, 2.45) is 0 Å². The van der Waals surface area contributed by atoms with E-state index < -0.39 is 5.97 Å². The number of hydrogen-bond donors (Lipinski definition) is 2. The van der Waals surface area contributed by atoms with Crippen molar-refractivity contribution in [3.63, 3.8) is 0 Å². The van der Waals surface area contributed by atoms with Crippen molar-refractivity contribution in [1.29, 1.82) is 0 Å². The zero-order valence-corrected chi connectivity index (χ0v) is 12.6. The Morgan fingerprint density at radius 1 is 1.24 bits per heavy atom. The molecule has 0 spiro atoms. The third-order valence-corrected chi connectivity index (χ3v) is 3.70. The number of carboxylic acid groups (broad SMARTS) is 1. The minimum absolute atomic E-state index is 0.0275. The second kappa shape index (κ2) is 6.78. The summed E-state index contributed by atoms with van der Waals surface area (Å²) in [4.78, 5) is 27.3. The first kappa shape index (κ1) is 15.6. The highest BCUT2D eigenvalue weighted by molar-refractivity contribution is 6.31. The fourth-order valence-corrected chi connectivity index (χ4v) is 2.42. The van der Waals surface area contributed by atoms with Crippen molar-refractivity contribution in [2.45, 2.75) is 6.42 Å². The first-order valence-corrected chi connectivity index (χ1v) is 7.12. The molecule has 0 saturated carbocycles. The van der Waals surface area contributed by atoms with Gasteiger partial charge in [0.2, 0.25) is 0 Å². The number of carboxylic acids is 1. The molecule has 1 fully saturated rings. The molecular weight excluding hydrogens is 294 g/mol. The van der Waals surface area contributed by atoms with Gasteiger partial charge in [0.1, 0.15) is 0 Å². The fraction of sp³-hybridized carbons (Fsp3) is 0.429. The Bertz CT molecular complexity index is 550. The molecule has 1 aromatic rings. The predicted octanol–water partition coefficient (Wildman–Crippen LogP) is 2.21. The van der Waals surface area contributed by atoms with Crippen LogP contribution in [0.3, 0.4) is 0 Å². The average molecular weight is 312 g/mol. The molecular formula is C14H18ClN3O3. The molecule has 0 bridgehead atoms. The Morgan fingerprint density at radius 2 is 2.00 bits per heavy atom.